The van der Waals surface area contributed by atoms with Crippen LogP contribution in [0.4, 0.5) is 4.79 Å². The molecule has 33 heavy (non-hydrogen) atoms. The predicted octanol–water partition coefficient (Wildman–Crippen LogP) is 4.36. The van der Waals surface area contributed by atoms with Crippen LogP contribution in [-0.2, 0) is 11.3 Å². The van der Waals surface area contributed by atoms with Crippen LogP contribution in [0.25, 0.3) is 0 Å². The maximum Gasteiger partial charge on any atom is 0.410 e. The number of amides is 2. The number of methoxy groups -OCH3 is 1. The SMILES string of the molecule is COc1ccc([C@@H]2CCN(C(=O)OC(C)(C)C)C[C@H]2COc2ccc3c(c2)C(=O)NC3)cc1. The molecule has 4 rings (SSSR count). The van der Waals surface area contributed by atoms with Crippen molar-refractivity contribution in [3.8, 4) is 11.5 Å². The Morgan fingerprint density at radius 3 is 2.55 bits per heavy atom. The number of likely N-dealkylation sites (tertiary alicyclic amines) is 1. The lowest BCUT2D eigenvalue weighted by Crippen LogP contribution is -2.46. The molecule has 2 amide bonds. The number of rotatable bonds is 5. The number of hydrogen-bond donors (Lipinski definition) is 1. The summed E-state index contributed by atoms with van der Waals surface area (Å²) in [5.74, 6) is 1.71. The first-order chi connectivity index (χ1) is 15.7. The van der Waals surface area contributed by atoms with E-state index in [0.29, 0.717) is 37.6 Å². The Balaban J connectivity index is 1.51. The number of benzene rings is 2. The van der Waals surface area contributed by atoms with E-state index in [1.807, 2.05) is 45.0 Å². The standard InChI is InChI=1S/C26H32N2O5/c1-26(2,3)33-25(30)28-12-11-22(17-5-8-20(31-4)9-6-17)19(15-28)16-32-21-10-7-18-14-27-24(29)23(18)13-21/h5-10,13,19,22H,11-12,14-16H2,1-4H3,(H,27,29)/t19-,22-/m0/s1. The number of hydrogen-bond acceptors (Lipinski definition) is 5. The van der Waals surface area contributed by atoms with Crippen LogP contribution in [-0.4, -0.2) is 49.3 Å². The Labute approximate surface area is 195 Å². The third kappa shape index (κ3) is 5.41. The molecule has 0 spiro atoms. The minimum absolute atomic E-state index is 0.0691. The van der Waals surface area contributed by atoms with E-state index in [9.17, 15) is 9.59 Å². The highest BCUT2D eigenvalue weighted by Gasteiger charge is 2.35. The van der Waals surface area contributed by atoms with Gasteiger partial charge < -0.3 is 24.4 Å². The first-order valence-corrected chi connectivity index (χ1v) is 11.4. The van der Waals surface area contributed by atoms with Gasteiger partial charge >= 0.3 is 6.09 Å². The Kier molecular flexibility index (Phi) is 6.49. The van der Waals surface area contributed by atoms with Gasteiger partial charge in [0.2, 0.25) is 0 Å². The van der Waals surface area contributed by atoms with E-state index in [-0.39, 0.29) is 23.8 Å². The maximum atomic E-state index is 12.7. The van der Waals surface area contributed by atoms with Gasteiger partial charge in [0, 0.05) is 31.1 Å². The lowest BCUT2D eigenvalue weighted by atomic mass is 9.81. The second-order valence-corrected chi connectivity index (χ2v) is 9.67. The van der Waals surface area contributed by atoms with E-state index < -0.39 is 5.60 Å². The summed E-state index contributed by atoms with van der Waals surface area (Å²) < 4.78 is 17.1. The molecule has 2 heterocycles. The third-order valence-corrected chi connectivity index (χ3v) is 6.16. The van der Waals surface area contributed by atoms with Crippen molar-refractivity contribution >= 4 is 12.0 Å². The molecule has 176 valence electrons. The molecule has 7 heteroatoms. The zero-order chi connectivity index (χ0) is 23.6. The summed E-state index contributed by atoms with van der Waals surface area (Å²) in [6.07, 6.45) is 0.515. The van der Waals surface area contributed by atoms with Crippen LogP contribution in [0.5, 0.6) is 11.5 Å². The molecule has 0 aromatic heterocycles. The van der Waals surface area contributed by atoms with Crippen molar-refractivity contribution in [2.75, 3.05) is 26.8 Å². The minimum Gasteiger partial charge on any atom is -0.497 e. The van der Waals surface area contributed by atoms with E-state index in [4.69, 9.17) is 14.2 Å². The summed E-state index contributed by atoms with van der Waals surface area (Å²) in [6.45, 7) is 7.77. The van der Waals surface area contributed by atoms with Crippen LogP contribution >= 0.6 is 0 Å². The lowest BCUT2D eigenvalue weighted by molar-refractivity contribution is 0.0111. The highest BCUT2D eigenvalue weighted by molar-refractivity contribution is 5.98. The van der Waals surface area contributed by atoms with Gasteiger partial charge in [0.1, 0.15) is 17.1 Å². The van der Waals surface area contributed by atoms with E-state index in [1.54, 1.807) is 18.1 Å². The summed E-state index contributed by atoms with van der Waals surface area (Å²) in [6, 6.07) is 13.7. The quantitative estimate of drug-likeness (QED) is 0.730. The zero-order valence-electron chi connectivity index (χ0n) is 19.7. The van der Waals surface area contributed by atoms with E-state index in [1.165, 1.54) is 5.56 Å². The molecule has 0 bridgehead atoms. The fourth-order valence-electron chi connectivity index (χ4n) is 4.47. The van der Waals surface area contributed by atoms with Crippen molar-refractivity contribution in [2.45, 2.75) is 45.3 Å². The summed E-state index contributed by atoms with van der Waals surface area (Å²) >= 11 is 0. The van der Waals surface area contributed by atoms with Gasteiger partial charge in [-0.3, -0.25) is 4.79 Å². The molecule has 2 atom stereocenters. The van der Waals surface area contributed by atoms with Crippen LogP contribution in [0.3, 0.4) is 0 Å². The number of piperidine rings is 1. The topological polar surface area (TPSA) is 77.1 Å². The lowest BCUT2D eigenvalue weighted by Gasteiger charge is -2.39. The monoisotopic (exact) mass is 452 g/mol. The van der Waals surface area contributed by atoms with Crippen molar-refractivity contribution in [2.24, 2.45) is 5.92 Å². The van der Waals surface area contributed by atoms with Gasteiger partial charge in [0.15, 0.2) is 0 Å². The molecular formula is C26H32N2O5. The molecule has 7 nitrogen and oxygen atoms in total. The Morgan fingerprint density at radius 2 is 1.85 bits per heavy atom. The molecule has 0 saturated carbocycles. The van der Waals surface area contributed by atoms with Gasteiger partial charge in [0.05, 0.1) is 13.7 Å². The number of carbonyl (C=O) groups is 2. The largest absolute Gasteiger partial charge is 0.497 e. The highest BCUT2D eigenvalue weighted by Crippen LogP contribution is 2.35. The van der Waals surface area contributed by atoms with Crippen molar-refractivity contribution < 1.29 is 23.8 Å². The van der Waals surface area contributed by atoms with Gasteiger partial charge in [-0.25, -0.2) is 4.79 Å². The van der Waals surface area contributed by atoms with Crippen molar-refractivity contribution in [1.29, 1.82) is 0 Å². The summed E-state index contributed by atoms with van der Waals surface area (Å²) in [4.78, 5) is 26.5. The number of fused-ring (bicyclic) bond motifs is 1. The Hall–Kier alpha value is -3.22. The normalized spacial score (nSPS) is 20.1. The molecule has 0 aliphatic carbocycles. The fourth-order valence-corrected chi connectivity index (χ4v) is 4.47. The number of nitrogens with zero attached hydrogens (tertiary/aromatic N) is 1. The third-order valence-electron chi connectivity index (χ3n) is 6.16. The second kappa shape index (κ2) is 9.33. The maximum absolute atomic E-state index is 12.7. The van der Waals surface area contributed by atoms with Gasteiger partial charge in [-0.1, -0.05) is 18.2 Å². The van der Waals surface area contributed by atoms with Gasteiger partial charge in [-0.05, 0) is 68.5 Å². The van der Waals surface area contributed by atoms with Crippen molar-refractivity contribution in [3.63, 3.8) is 0 Å². The molecule has 0 unspecified atom stereocenters. The van der Waals surface area contributed by atoms with E-state index in [0.717, 1.165) is 17.7 Å². The van der Waals surface area contributed by atoms with Crippen molar-refractivity contribution in [3.05, 3.63) is 59.2 Å². The molecule has 1 N–H and O–H groups in total. The zero-order valence-corrected chi connectivity index (χ0v) is 19.7. The molecule has 2 aliphatic rings. The number of carbonyl (C=O) groups excluding carboxylic acids is 2. The van der Waals surface area contributed by atoms with Crippen LogP contribution in [0, 0.1) is 5.92 Å². The van der Waals surface area contributed by atoms with E-state index >= 15 is 0 Å². The fraction of sp³-hybridized carbons (Fsp3) is 0.462. The van der Waals surface area contributed by atoms with Crippen LogP contribution in [0.1, 0.15) is 54.6 Å². The molecule has 2 aromatic rings. The summed E-state index contributed by atoms with van der Waals surface area (Å²) in [5, 5.41) is 2.83. The summed E-state index contributed by atoms with van der Waals surface area (Å²) in [7, 11) is 1.65. The number of ether oxygens (including phenoxy) is 3. The first kappa shape index (κ1) is 23.0. The molecule has 1 saturated heterocycles. The smallest absolute Gasteiger partial charge is 0.410 e. The minimum atomic E-state index is -0.541. The molecule has 2 aromatic carbocycles. The molecule has 2 aliphatic heterocycles. The van der Waals surface area contributed by atoms with Gasteiger partial charge in [-0.2, -0.15) is 0 Å². The molecule has 0 radical (unpaired) electrons. The molecule has 1 fully saturated rings. The second-order valence-electron chi connectivity index (χ2n) is 9.67. The van der Waals surface area contributed by atoms with Crippen LogP contribution < -0.4 is 14.8 Å². The van der Waals surface area contributed by atoms with Crippen LogP contribution in [0.15, 0.2) is 42.5 Å². The highest BCUT2D eigenvalue weighted by atomic mass is 16.6. The van der Waals surface area contributed by atoms with Gasteiger partial charge in [-0.15, -0.1) is 0 Å². The average Bonchev–Trinajstić information content (AvgIpc) is 3.16. The first-order valence-electron chi connectivity index (χ1n) is 11.4. The Bertz CT molecular complexity index is 1010. The Morgan fingerprint density at radius 1 is 1.12 bits per heavy atom. The number of nitrogens with one attached hydrogen (secondary N) is 1. The average molecular weight is 453 g/mol. The molecular weight excluding hydrogens is 420 g/mol. The van der Waals surface area contributed by atoms with Gasteiger partial charge in [0.25, 0.3) is 5.91 Å². The predicted molar refractivity (Wildman–Crippen MR) is 125 cm³/mol. The van der Waals surface area contributed by atoms with Crippen molar-refractivity contribution in [1.82, 2.24) is 10.2 Å². The summed E-state index contributed by atoms with van der Waals surface area (Å²) in [5.41, 5.74) is 2.30. The van der Waals surface area contributed by atoms with E-state index in [2.05, 4.69) is 17.4 Å². The van der Waals surface area contributed by atoms with Crippen LogP contribution in [0.2, 0.25) is 0 Å².